The summed E-state index contributed by atoms with van der Waals surface area (Å²) in [5.41, 5.74) is -0.0295. The van der Waals surface area contributed by atoms with Crippen LogP contribution in [0.5, 0.6) is 5.75 Å². The zero-order valence-corrected chi connectivity index (χ0v) is 6.58. The first-order valence-corrected chi connectivity index (χ1v) is 3.47. The Morgan fingerprint density at radius 2 is 2.08 bits per heavy atom. The predicted octanol–water partition coefficient (Wildman–Crippen LogP) is 1.47. The maximum Gasteiger partial charge on any atom is 0.141 e. The highest BCUT2D eigenvalue weighted by atomic mass is 19.1. The van der Waals surface area contributed by atoms with Crippen molar-refractivity contribution < 1.29 is 9.50 Å². The molecule has 0 spiro atoms. The molecule has 0 aliphatic heterocycles. The van der Waals surface area contributed by atoms with Crippen LogP contribution in [-0.4, -0.2) is 5.11 Å². The van der Waals surface area contributed by atoms with Crippen LogP contribution in [0.15, 0.2) is 12.1 Å². The van der Waals surface area contributed by atoms with Crippen LogP contribution in [0.1, 0.15) is 11.1 Å². The first-order valence-electron chi connectivity index (χ1n) is 3.47. The Labute approximate surface area is 74.3 Å². The van der Waals surface area contributed by atoms with Crippen LogP contribution in [0.25, 0.3) is 0 Å². The van der Waals surface area contributed by atoms with Gasteiger partial charge in [0.1, 0.15) is 17.6 Å². The number of aromatic hydroxyl groups is 1. The molecule has 4 heteroatoms. The van der Waals surface area contributed by atoms with Gasteiger partial charge in [0.25, 0.3) is 0 Å². The van der Waals surface area contributed by atoms with Gasteiger partial charge in [-0.1, -0.05) is 0 Å². The lowest BCUT2D eigenvalue weighted by molar-refractivity contribution is 0.467. The van der Waals surface area contributed by atoms with E-state index in [0.717, 1.165) is 12.1 Å². The topological polar surface area (TPSA) is 67.8 Å². The quantitative estimate of drug-likeness (QED) is 0.704. The molecule has 64 valence electrons. The van der Waals surface area contributed by atoms with Gasteiger partial charge in [0, 0.05) is 11.6 Å². The maximum atomic E-state index is 12.9. The number of benzene rings is 1. The van der Waals surface area contributed by atoms with Crippen molar-refractivity contribution >= 4 is 0 Å². The Balaban J connectivity index is 3.24. The van der Waals surface area contributed by atoms with Crippen molar-refractivity contribution in [2.45, 2.75) is 6.42 Å². The summed E-state index contributed by atoms with van der Waals surface area (Å²) in [4.78, 5) is 0. The van der Waals surface area contributed by atoms with E-state index in [9.17, 15) is 9.50 Å². The summed E-state index contributed by atoms with van der Waals surface area (Å²) in [7, 11) is 0. The molecule has 1 rings (SSSR count). The average Bonchev–Trinajstić information content (AvgIpc) is 2.11. The molecule has 13 heavy (non-hydrogen) atoms. The molecule has 0 unspecified atom stereocenters. The van der Waals surface area contributed by atoms with Crippen molar-refractivity contribution in [3.05, 3.63) is 29.1 Å². The number of nitrogens with zero attached hydrogens (tertiary/aromatic N) is 2. The van der Waals surface area contributed by atoms with Gasteiger partial charge in [0.15, 0.2) is 0 Å². The zero-order valence-electron chi connectivity index (χ0n) is 6.58. The minimum Gasteiger partial charge on any atom is -0.508 e. The minimum atomic E-state index is -0.717. The van der Waals surface area contributed by atoms with Gasteiger partial charge in [-0.25, -0.2) is 4.39 Å². The molecule has 0 heterocycles. The van der Waals surface area contributed by atoms with E-state index in [4.69, 9.17) is 10.5 Å². The van der Waals surface area contributed by atoms with Gasteiger partial charge in [-0.3, -0.25) is 0 Å². The van der Waals surface area contributed by atoms with Gasteiger partial charge in [-0.05, 0) is 6.07 Å². The average molecular weight is 176 g/mol. The zero-order chi connectivity index (χ0) is 9.84. The summed E-state index contributed by atoms with van der Waals surface area (Å²) in [6.07, 6.45) is -0.0749. The second-order valence-corrected chi connectivity index (χ2v) is 2.41. The van der Waals surface area contributed by atoms with Gasteiger partial charge in [-0.15, -0.1) is 0 Å². The highest BCUT2D eigenvalue weighted by Gasteiger charge is 2.07. The van der Waals surface area contributed by atoms with Crippen LogP contribution in [0.3, 0.4) is 0 Å². The summed E-state index contributed by atoms with van der Waals surface area (Å²) >= 11 is 0. The lowest BCUT2D eigenvalue weighted by Crippen LogP contribution is -1.89. The van der Waals surface area contributed by atoms with E-state index in [0.29, 0.717) is 0 Å². The fraction of sp³-hybridized carbons (Fsp3) is 0.111. The molecular formula is C9H5FN2O. The van der Waals surface area contributed by atoms with Gasteiger partial charge in [0.2, 0.25) is 0 Å². The molecule has 0 saturated heterocycles. The molecule has 0 aliphatic carbocycles. The number of phenols is 1. The minimum absolute atomic E-state index is 0.0749. The first kappa shape index (κ1) is 9.02. The van der Waals surface area contributed by atoms with E-state index in [1.165, 1.54) is 0 Å². The predicted molar refractivity (Wildman–Crippen MR) is 42.1 cm³/mol. The van der Waals surface area contributed by atoms with Crippen LogP contribution < -0.4 is 0 Å². The SMILES string of the molecule is N#CCc1cc(F)c(C#N)cc1O. The molecule has 1 aromatic rings. The molecule has 0 radical (unpaired) electrons. The highest BCUT2D eigenvalue weighted by Crippen LogP contribution is 2.21. The van der Waals surface area contributed by atoms with Crippen molar-refractivity contribution in [1.82, 2.24) is 0 Å². The molecule has 0 amide bonds. The number of rotatable bonds is 1. The second kappa shape index (κ2) is 3.55. The van der Waals surface area contributed by atoms with E-state index in [2.05, 4.69) is 0 Å². The molecule has 0 aromatic heterocycles. The third kappa shape index (κ3) is 1.74. The van der Waals surface area contributed by atoms with E-state index >= 15 is 0 Å². The lowest BCUT2D eigenvalue weighted by Gasteiger charge is -2.00. The summed E-state index contributed by atoms with van der Waals surface area (Å²) < 4.78 is 12.9. The third-order valence-corrected chi connectivity index (χ3v) is 1.56. The monoisotopic (exact) mass is 176 g/mol. The molecule has 0 saturated carbocycles. The van der Waals surface area contributed by atoms with Gasteiger partial charge in [0.05, 0.1) is 18.1 Å². The van der Waals surface area contributed by atoms with Crippen LogP contribution in [-0.2, 0) is 6.42 Å². The molecule has 0 aliphatic rings. The fourth-order valence-corrected chi connectivity index (χ4v) is 0.915. The Morgan fingerprint density at radius 3 is 2.62 bits per heavy atom. The molecular weight excluding hydrogens is 171 g/mol. The molecule has 1 aromatic carbocycles. The van der Waals surface area contributed by atoms with Gasteiger partial charge in [-0.2, -0.15) is 10.5 Å². The summed E-state index contributed by atoms with van der Waals surface area (Å²) in [6, 6.07) is 5.38. The van der Waals surface area contributed by atoms with Crippen LogP contribution >= 0.6 is 0 Å². The Bertz CT molecular complexity index is 415. The third-order valence-electron chi connectivity index (χ3n) is 1.56. The van der Waals surface area contributed by atoms with Crippen LogP contribution in [0, 0.1) is 28.5 Å². The Morgan fingerprint density at radius 1 is 1.38 bits per heavy atom. The van der Waals surface area contributed by atoms with Gasteiger partial charge >= 0.3 is 0 Å². The number of phenolic OH excluding ortho intramolecular Hbond substituents is 1. The Hall–Kier alpha value is -2.07. The molecule has 0 bridgehead atoms. The van der Waals surface area contributed by atoms with E-state index in [1.807, 2.05) is 0 Å². The molecule has 1 N–H and O–H groups in total. The van der Waals surface area contributed by atoms with Crippen molar-refractivity contribution in [2.75, 3.05) is 0 Å². The summed E-state index contributed by atoms with van der Waals surface area (Å²) in [6.45, 7) is 0. The molecule has 0 atom stereocenters. The normalized spacial score (nSPS) is 8.85. The van der Waals surface area contributed by atoms with E-state index in [1.54, 1.807) is 12.1 Å². The number of halogens is 1. The number of hydrogen-bond donors (Lipinski definition) is 1. The number of hydrogen-bond acceptors (Lipinski definition) is 3. The van der Waals surface area contributed by atoms with E-state index in [-0.39, 0.29) is 23.3 Å². The summed E-state index contributed by atoms with van der Waals surface area (Å²) in [5.74, 6) is -0.940. The maximum absolute atomic E-state index is 12.9. The largest absolute Gasteiger partial charge is 0.508 e. The Kier molecular flexibility index (Phi) is 2.47. The second-order valence-electron chi connectivity index (χ2n) is 2.41. The van der Waals surface area contributed by atoms with Crippen LogP contribution in [0.2, 0.25) is 0 Å². The number of nitriles is 2. The molecule has 3 nitrogen and oxygen atoms in total. The smallest absolute Gasteiger partial charge is 0.141 e. The summed E-state index contributed by atoms with van der Waals surface area (Å²) in [5, 5.41) is 25.9. The van der Waals surface area contributed by atoms with Crippen LogP contribution in [0.4, 0.5) is 4.39 Å². The highest BCUT2D eigenvalue weighted by molar-refractivity contribution is 5.43. The van der Waals surface area contributed by atoms with Crippen molar-refractivity contribution in [1.29, 1.82) is 10.5 Å². The first-order chi connectivity index (χ1) is 6.19. The van der Waals surface area contributed by atoms with Crippen molar-refractivity contribution in [3.8, 4) is 17.9 Å². The van der Waals surface area contributed by atoms with Gasteiger partial charge < -0.3 is 5.11 Å². The van der Waals surface area contributed by atoms with Crippen molar-refractivity contribution in [2.24, 2.45) is 0 Å². The van der Waals surface area contributed by atoms with E-state index < -0.39 is 5.82 Å². The lowest BCUT2D eigenvalue weighted by atomic mass is 10.1. The molecule has 0 fully saturated rings. The van der Waals surface area contributed by atoms with Crippen molar-refractivity contribution in [3.63, 3.8) is 0 Å². The standard InChI is InChI=1S/C9H5FN2O/c10-8-3-6(1-2-11)9(13)4-7(8)5-12/h3-4,13H,1H2. The fourth-order valence-electron chi connectivity index (χ4n) is 0.915.